The first-order chi connectivity index (χ1) is 9.77. The fourth-order valence-corrected chi connectivity index (χ4v) is 2.43. The van der Waals surface area contributed by atoms with E-state index in [9.17, 15) is 13.2 Å². The summed E-state index contributed by atoms with van der Waals surface area (Å²) in [5, 5.41) is 2.52. The third kappa shape index (κ3) is 3.72. The normalized spacial score (nSPS) is 11.1. The lowest BCUT2D eigenvalue weighted by Gasteiger charge is -2.08. The van der Waals surface area contributed by atoms with E-state index in [0.717, 1.165) is 12.1 Å². The Balaban J connectivity index is 2.26. The molecule has 0 bridgehead atoms. The Hall–Kier alpha value is -2.09. The fraction of sp³-hybridized carbons (Fsp3) is 0. The summed E-state index contributed by atoms with van der Waals surface area (Å²) in [7, 11) is -4.34. The minimum Gasteiger partial charge on any atom is -0.399 e. The Labute approximate surface area is 126 Å². The first-order valence-electron chi connectivity index (χ1n) is 5.71. The summed E-state index contributed by atoms with van der Waals surface area (Å²) in [4.78, 5) is 11.7. The second-order valence-electron chi connectivity index (χ2n) is 4.20. The molecule has 21 heavy (non-hydrogen) atoms. The zero-order valence-electron chi connectivity index (χ0n) is 10.6. The van der Waals surface area contributed by atoms with Crippen molar-refractivity contribution in [2.75, 3.05) is 11.1 Å². The molecule has 2 rings (SSSR count). The van der Waals surface area contributed by atoms with Crippen LogP contribution in [0.5, 0.6) is 0 Å². The molecule has 0 aliphatic carbocycles. The van der Waals surface area contributed by atoms with E-state index in [0.29, 0.717) is 11.3 Å². The highest BCUT2D eigenvalue weighted by Crippen LogP contribution is 2.25. The Bertz CT molecular complexity index is 806. The van der Waals surface area contributed by atoms with Crippen LogP contribution in [-0.2, 0) is 10.1 Å². The molecule has 0 saturated heterocycles. The zero-order chi connectivity index (χ0) is 15.6. The molecule has 4 N–H and O–H groups in total. The number of hydrogen-bond acceptors (Lipinski definition) is 4. The molecule has 6 nitrogen and oxygen atoms in total. The molecule has 1 amide bonds. The first-order valence-corrected chi connectivity index (χ1v) is 7.53. The number of hydrogen-bond donors (Lipinski definition) is 3. The van der Waals surface area contributed by atoms with Gasteiger partial charge in [0, 0.05) is 11.3 Å². The average molecular weight is 327 g/mol. The summed E-state index contributed by atoms with van der Waals surface area (Å²) in [5.41, 5.74) is 6.58. The van der Waals surface area contributed by atoms with Gasteiger partial charge < -0.3 is 11.1 Å². The summed E-state index contributed by atoms with van der Waals surface area (Å²) < 4.78 is 30.9. The minimum atomic E-state index is -4.34. The van der Waals surface area contributed by atoms with Gasteiger partial charge in [0.2, 0.25) is 0 Å². The van der Waals surface area contributed by atoms with Gasteiger partial charge >= 0.3 is 0 Å². The van der Waals surface area contributed by atoms with Crippen LogP contribution < -0.4 is 11.1 Å². The van der Waals surface area contributed by atoms with Crippen LogP contribution in [0.2, 0.25) is 5.02 Å². The van der Waals surface area contributed by atoms with Gasteiger partial charge in [-0.2, -0.15) is 8.42 Å². The van der Waals surface area contributed by atoms with Crippen molar-refractivity contribution in [1.82, 2.24) is 0 Å². The Morgan fingerprint density at radius 1 is 1.19 bits per heavy atom. The molecule has 0 saturated carbocycles. The molecule has 0 heterocycles. The maximum atomic E-state index is 12.0. The number of rotatable bonds is 3. The number of anilines is 2. The second kappa shape index (κ2) is 5.72. The summed E-state index contributed by atoms with van der Waals surface area (Å²) in [6, 6.07) is 9.82. The topological polar surface area (TPSA) is 109 Å². The van der Waals surface area contributed by atoms with Crippen LogP contribution in [0.25, 0.3) is 0 Å². The smallest absolute Gasteiger partial charge is 0.294 e. The quantitative estimate of drug-likeness (QED) is 0.592. The van der Waals surface area contributed by atoms with Crippen LogP contribution >= 0.6 is 11.6 Å². The van der Waals surface area contributed by atoms with Gasteiger partial charge in [0.15, 0.2) is 0 Å². The van der Waals surface area contributed by atoms with E-state index in [1.54, 1.807) is 18.2 Å². The minimum absolute atomic E-state index is 0.0117. The van der Waals surface area contributed by atoms with E-state index in [1.807, 2.05) is 0 Å². The highest BCUT2D eigenvalue weighted by atomic mass is 35.5. The Morgan fingerprint density at radius 3 is 2.48 bits per heavy atom. The van der Waals surface area contributed by atoms with E-state index >= 15 is 0 Å². The number of nitrogen functional groups attached to an aromatic ring is 1. The molecule has 0 unspecified atom stereocenters. The Kier molecular flexibility index (Phi) is 4.17. The van der Waals surface area contributed by atoms with Gasteiger partial charge in [-0.05, 0) is 36.4 Å². The number of amides is 1. The van der Waals surface area contributed by atoms with Gasteiger partial charge in [-0.3, -0.25) is 9.35 Å². The third-order valence-electron chi connectivity index (χ3n) is 2.64. The van der Waals surface area contributed by atoms with Crippen molar-refractivity contribution < 1.29 is 17.8 Å². The van der Waals surface area contributed by atoms with E-state index in [1.165, 1.54) is 12.1 Å². The molecule has 0 atom stereocenters. The van der Waals surface area contributed by atoms with Crippen LogP contribution in [0.3, 0.4) is 0 Å². The van der Waals surface area contributed by atoms with Crippen LogP contribution in [0, 0.1) is 0 Å². The predicted molar refractivity (Wildman–Crippen MR) is 80.1 cm³/mol. The molecule has 0 aliphatic heterocycles. The summed E-state index contributed by atoms with van der Waals surface area (Å²) in [6.45, 7) is 0. The van der Waals surface area contributed by atoms with Gasteiger partial charge in [-0.1, -0.05) is 17.7 Å². The highest BCUT2D eigenvalue weighted by molar-refractivity contribution is 7.85. The first kappa shape index (κ1) is 15.3. The maximum Gasteiger partial charge on any atom is 0.294 e. The van der Waals surface area contributed by atoms with Gasteiger partial charge in [0.25, 0.3) is 16.0 Å². The van der Waals surface area contributed by atoms with Crippen molar-refractivity contribution >= 4 is 39.0 Å². The van der Waals surface area contributed by atoms with Gasteiger partial charge in [0.1, 0.15) is 0 Å². The average Bonchev–Trinajstić information content (AvgIpc) is 2.39. The monoisotopic (exact) mass is 326 g/mol. The molecule has 0 fully saturated rings. The lowest BCUT2D eigenvalue weighted by molar-refractivity contribution is 0.102. The Morgan fingerprint density at radius 2 is 1.90 bits per heavy atom. The van der Waals surface area contributed by atoms with Crippen molar-refractivity contribution in [3.05, 3.63) is 53.1 Å². The number of benzene rings is 2. The van der Waals surface area contributed by atoms with Gasteiger partial charge in [-0.25, -0.2) is 0 Å². The van der Waals surface area contributed by atoms with Crippen LogP contribution in [-0.4, -0.2) is 18.9 Å². The SMILES string of the molecule is Nc1cccc(C(=O)Nc2ccc(S(=O)(=O)O)cc2Cl)c1. The fourth-order valence-electron chi connectivity index (χ4n) is 1.63. The third-order valence-corrected chi connectivity index (χ3v) is 3.80. The lowest BCUT2D eigenvalue weighted by atomic mass is 10.2. The standard InChI is InChI=1S/C13H11ClN2O4S/c14-11-7-10(21(18,19)20)4-5-12(11)16-13(17)8-2-1-3-9(15)6-8/h1-7H,15H2,(H,16,17)(H,18,19,20). The number of nitrogens with two attached hydrogens (primary N) is 1. The van der Waals surface area contributed by atoms with Crippen molar-refractivity contribution in [2.24, 2.45) is 0 Å². The van der Waals surface area contributed by atoms with E-state index in [2.05, 4.69) is 5.32 Å². The van der Waals surface area contributed by atoms with Crippen molar-refractivity contribution in [2.45, 2.75) is 4.90 Å². The van der Waals surface area contributed by atoms with Crippen molar-refractivity contribution in [3.63, 3.8) is 0 Å². The molecule has 0 aliphatic rings. The lowest BCUT2D eigenvalue weighted by Crippen LogP contribution is -2.12. The maximum absolute atomic E-state index is 12.0. The molecular weight excluding hydrogens is 316 g/mol. The molecule has 0 aromatic heterocycles. The van der Waals surface area contributed by atoms with E-state index in [-0.39, 0.29) is 15.6 Å². The van der Waals surface area contributed by atoms with Gasteiger partial charge in [-0.15, -0.1) is 0 Å². The van der Waals surface area contributed by atoms with Crippen LogP contribution in [0.1, 0.15) is 10.4 Å². The molecule has 2 aromatic carbocycles. The van der Waals surface area contributed by atoms with Crippen LogP contribution in [0.15, 0.2) is 47.4 Å². The number of nitrogens with one attached hydrogen (secondary N) is 1. The number of halogens is 1. The molecular formula is C13H11ClN2O4S. The highest BCUT2D eigenvalue weighted by Gasteiger charge is 2.14. The molecule has 2 aromatic rings. The van der Waals surface area contributed by atoms with Crippen molar-refractivity contribution in [1.29, 1.82) is 0 Å². The molecule has 0 radical (unpaired) electrons. The number of carbonyl (C=O) groups excluding carboxylic acids is 1. The van der Waals surface area contributed by atoms with E-state index < -0.39 is 16.0 Å². The largest absolute Gasteiger partial charge is 0.399 e. The van der Waals surface area contributed by atoms with Gasteiger partial charge in [0.05, 0.1) is 15.6 Å². The van der Waals surface area contributed by atoms with Crippen LogP contribution in [0.4, 0.5) is 11.4 Å². The predicted octanol–water partition coefficient (Wildman–Crippen LogP) is 2.42. The summed E-state index contributed by atoms with van der Waals surface area (Å²) in [6.07, 6.45) is 0. The van der Waals surface area contributed by atoms with Crippen molar-refractivity contribution in [3.8, 4) is 0 Å². The molecule has 110 valence electrons. The number of carbonyl (C=O) groups is 1. The second-order valence-corrected chi connectivity index (χ2v) is 6.03. The zero-order valence-corrected chi connectivity index (χ0v) is 12.1. The summed E-state index contributed by atoms with van der Waals surface area (Å²) in [5.74, 6) is -0.441. The molecule has 0 spiro atoms. The summed E-state index contributed by atoms with van der Waals surface area (Å²) >= 11 is 5.88. The van der Waals surface area contributed by atoms with E-state index in [4.69, 9.17) is 21.9 Å². The molecule has 8 heteroatoms.